The van der Waals surface area contributed by atoms with Crippen molar-refractivity contribution in [3.63, 3.8) is 0 Å². The van der Waals surface area contributed by atoms with Crippen LogP contribution in [0.5, 0.6) is 0 Å². The van der Waals surface area contributed by atoms with E-state index in [0.717, 1.165) is 28.4 Å². The van der Waals surface area contributed by atoms with E-state index in [4.69, 9.17) is 16.6 Å². The first-order valence-corrected chi connectivity index (χ1v) is 7.64. The molecule has 0 bridgehead atoms. The zero-order chi connectivity index (χ0) is 15.6. The number of hydrogen-bond acceptors (Lipinski definition) is 3. The van der Waals surface area contributed by atoms with E-state index >= 15 is 0 Å². The molecule has 0 fully saturated rings. The third kappa shape index (κ3) is 4.34. The molecule has 23 heavy (non-hydrogen) atoms. The number of fused-ring (bicyclic) bond motifs is 1. The summed E-state index contributed by atoms with van der Waals surface area (Å²) in [4.78, 5) is 4.77. The first-order chi connectivity index (χ1) is 10.5. The van der Waals surface area contributed by atoms with Crippen LogP contribution in [0.3, 0.4) is 0 Å². The fraction of sp³-hybridized carbons (Fsp3) is 0.222. The maximum Gasteiger partial charge on any atom is 0.149 e. The Morgan fingerprint density at radius 3 is 2.57 bits per heavy atom. The Balaban J connectivity index is 0.00000192. The van der Waals surface area contributed by atoms with Crippen molar-refractivity contribution in [2.75, 3.05) is 0 Å². The van der Waals surface area contributed by atoms with Gasteiger partial charge in [0.1, 0.15) is 5.84 Å². The smallest absolute Gasteiger partial charge is 0.149 e. The second-order valence-corrected chi connectivity index (χ2v) is 6.46. The Hall–Kier alpha value is -1.84. The second-order valence-electron chi connectivity index (χ2n) is 6.03. The molecule has 0 spiro atoms. The van der Waals surface area contributed by atoms with Gasteiger partial charge < -0.3 is 0 Å². The summed E-state index contributed by atoms with van der Waals surface area (Å²) in [7, 11) is 0. The van der Waals surface area contributed by atoms with Crippen molar-refractivity contribution in [1.29, 1.82) is 0 Å². The molecule has 1 N–H and O–H groups in total. The van der Waals surface area contributed by atoms with Crippen LogP contribution in [0.25, 0.3) is 0 Å². The lowest BCUT2D eigenvalue weighted by Gasteiger charge is -2.28. The molecule has 0 radical (unpaired) electrons. The lowest BCUT2D eigenvalue weighted by molar-refractivity contribution is 0.509. The van der Waals surface area contributed by atoms with Gasteiger partial charge in [0.2, 0.25) is 0 Å². The van der Waals surface area contributed by atoms with E-state index < -0.39 is 0 Å². The molecule has 1 heterocycles. The first kappa shape index (κ1) is 17.5. The number of hydrazone groups is 1. The van der Waals surface area contributed by atoms with Crippen molar-refractivity contribution >= 4 is 36.1 Å². The van der Waals surface area contributed by atoms with Crippen molar-refractivity contribution in [1.82, 2.24) is 5.43 Å². The number of rotatable bonds is 2. The molecule has 0 aliphatic carbocycles. The number of amidine groups is 1. The minimum absolute atomic E-state index is 0. The molecule has 0 aromatic heterocycles. The van der Waals surface area contributed by atoms with Crippen LogP contribution in [0.2, 0.25) is 5.02 Å². The highest BCUT2D eigenvalue weighted by Crippen LogP contribution is 2.25. The molecule has 0 amide bonds. The summed E-state index contributed by atoms with van der Waals surface area (Å²) in [6.45, 7) is 4.26. The van der Waals surface area contributed by atoms with E-state index in [-0.39, 0.29) is 17.9 Å². The number of aliphatic imine (C=N–C) groups is 1. The number of halogens is 2. The number of nitrogens with one attached hydrogen (secondary N) is 1. The predicted octanol–water partition coefficient (Wildman–Crippen LogP) is 4.47. The summed E-state index contributed by atoms with van der Waals surface area (Å²) in [5.74, 6) is 0.817. The van der Waals surface area contributed by atoms with Crippen molar-refractivity contribution < 1.29 is 0 Å². The van der Waals surface area contributed by atoms with Crippen LogP contribution in [-0.4, -0.2) is 17.6 Å². The van der Waals surface area contributed by atoms with Gasteiger partial charge in [0.25, 0.3) is 0 Å². The maximum atomic E-state index is 5.88. The molecule has 1 aliphatic heterocycles. The van der Waals surface area contributed by atoms with Crippen LogP contribution >= 0.6 is 24.0 Å². The molecule has 2 aromatic carbocycles. The quantitative estimate of drug-likeness (QED) is 0.631. The Labute approximate surface area is 147 Å². The molecular weight excluding hydrogens is 329 g/mol. The molecule has 5 heteroatoms. The van der Waals surface area contributed by atoms with Crippen LogP contribution in [-0.2, 0) is 6.42 Å². The van der Waals surface area contributed by atoms with Crippen molar-refractivity contribution in [2.45, 2.75) is 25.8 Å². The molecule has 0 atom stereocenters. The summed E-state index contributed by atoms with van der Waals surface area (Å²) >= 11 is 5.88. The normalized spacial score (nSPS) is 15.5. The Morgan fingerprint density at radius 1 is 1.13 bits per heavy atom. The second kappa shape index (κ2) is 7.16. The van der Waals surface area contributed by atoms with E-state index in [2.05, 4.69) is 42.6 Å². The molecule has 3 rings (SSSR count). The highest BCUT2D eigenvalue weighted by atomic mass is 35.5. The van der Waals surface area contributed by atoms with E-state index in [1.165, 1.54) is 5.56 Å². The molecule has 0 saturated heterocycles. The monoisotopic (exact) mass is 347 g/mol. The van der Waals surface area contributed by atoms with Gasteiger partial charge in [-0.05, 0) is 43.5 Å². The van der Waals surface area contributed by atoms with Gasteiger partial charge in [-0.3, -0.25) is 10.4 Å². The predicted molar refractivity (Wildman–Crippen MR) is 100 cm³/mol. The van der Waals surface area contributed by atoms with Gasteiger partial charge in [-0.25, -0.2) is 0 Å². The molecule has 1 aliphatic rings. The molecule has 120 valence electrons. The molecule has 2 aromatic rings. The van der Waals surface area contributed by atoms with Crippen molar-refractivity contribution in [3.8, 4) is 0 Å². The lowest BCUT2D eigenvalue weighted by atomic mass is 9.89. The largest absolute Gasteiger partial charge is 0.261 e. The maximum absolute atomic E-state index is 5.88. The van der Waals surface area contributed by atoms with Crippen LogP contribution in [0.1, 0.15) is 30.5 Å². The topological polar surface area (TPSA) is 36.8 Å². The van der Waals surface area contributed by atoms with E-state index in [1.807, 2.05) is 30.3 Å². The fourth-order valence-corrected chi connectivity index (χ4v) is 2.70. The number of benzene rings is 2. The average molecular weight is 348 g/mol. The summed E-state index contributed by atoms with van der Waals surface area (Å²) in [5, 5.41) is 5.03. The van der Waals surface area contributed by atoms with Gasteiger partial charge >= 0.3 is 0 Å². The Bertz CT molecular complexity index is 734. The van der Waals surface area contributed by atoms with Crippen LogP contribution in [0.15, 0.2) is 58.6 Å². The fourth-order valence-electron chi connectivity index (χ4n) is 2.58. The summed E-state index contributed by atoms with van der Waals surface area (Å²) in [6, 6.07) is 15.9. The van der Waals surface area contributed by atoms with Gasteiger partial charge in [0, 0.05) is 10.6 Å². The van der Waals surface area contributed by atoms with Gasteiger partial charge in [-0.2, -0.15) is 5.10 Å². The lowest BCUT2D eigenvalue weighted by Crippen LogP contribution is -2.34. The average Bonchev–Trinajstić information content (AvgIpc) is 2.48. The minimum atomic E-state index is -0.119. The van der Waals surface area contributed by atoms with Crippen LogP contribution in [0.4, 0.5) is 0 Å². The SMILES string of the molecule is CC1(C)Cc2ccccc2C(N/N=C/c2ccc(Cl)cc2)=N1.Cl. The Kier molecular flexibility index (Phi) is 5.45. The number of hydrogen-bond donors (Lipinski definition) is 1. The minimum Gasteiger partial charge on any atom is -0.261 e. The third-order valence-electron chi connectivity index (χ3n) is 3.56. The van der Waals surface area contributed by atoms with Gasteiger partial charge in [0.05, 0.1) is 11.8 Å². The zero-order valence-corrected chi connectivity index (χ0v) is 14.7. The third-order valence-corrected chi connectivity index (χ3v) is 3.82. The van der Waals surface area contributed by atoms with E-state index in [1.54, 1.807) is 6.21 Å². The highest BCUT2D eigenvalue weighted by molar-refractivity contribution is 6.30. The standard InChI is InChI=1S/C18H18ClN3.ClH/c1-18(2)11-14-5-3-4-6-16(14)17(21-18)22-20-12-13-7-9-15(19)10-8-13;/h3-10,12H,11H2,1-2H3,(H,21,22);1H/b20-12+;. The van der Waals surface area contributed by atoms with E-state index in [9.17, 15) is 0 Å². The first-order valence-electron chi connectivity index (χ1n) is 7.26. The van der Waals surface area contributed by atoms with Gasteiger partial charge in [-0.15, -0.1) is 12.4 Å². The van der Waals surface area contributed by atoms with Crippen LogP contribution in [0, 0.1) is 0 Å². The summed E-state index contributed by atoms with van der Waals surface area (Å²) in [6.07, 6.45) is 2.71. The van der Waals surface area contributed by atoms with Crippen molar-refractivity contribution in [2.24, 2.45) is 10.1 Å². The summed E-state index contributed by atoms with van der Waals surface area (Å²) < 4.78 is 0. The zero-order valence-electron chi connectivity index (χ0n) is 13.1. The number of nitrogens with zero attached hydrogens (tertiary/aromatic N) is 2. The molecule has 3 nitrogen and oxygen atoms in total. The van der Waals surface area contributed by atoms with Crippen molar-refractivity contribution in [3.05, 3.63) is 70.2 Å². The molecular formula is C18H19Cl2N3. The molecule has 0 unspecified atom stereocenters. The summed E-state index contributed by atoms with van der Waals surface area (Å²) in [5.41, 5.74) is 6.37. The highest BCUT2D eigenvalue weighted by Gasteiger charge is 2.26. The van der Waals surface area contributed by atoms with Gasteiger partial charge in [-0.1, -0.05) is 48.0 Å². The molecule has 0 saturated carbocycles. The van der Waals surface area contributed by atoms with E-state index in [0.29, 0.717) is 0 Å². The Morgan fingerprint density at radius 2 is 1.83 bits per heavy atom. The van der Waals surface area contributed by atoms with Gasteiger partial charge in [0.15, 0.2) is 0 Å². The van der Waals surface area contributed by atoms with Crippen LogP contribution < -0.4 is 5.43 Å².